The van der Waals surface area contributed by atoms with Gasteiger partial charge in [0.1, 0.15) is 36.5 Å². The van der Waals surface area contributed by atoms with E-state index in [4.69, 9.17) is 14.6 Å². The fourth-order valence-electron chi connectivity index (χ4n) is 4.53. The minimum absolute atomic E-state index is 0.0312. The van der Waals surface area contributed by atoms with Gasteiger partial charge in [0.05, 0.1) is 13.2 Å². The van der Waals surface area contributed by atoms with Gasteiger partial charge in [0.2, 0.25) is 23.6 Å². The van der Waals surface area contributed by atoms with Crippen LogP contribution in [0.5, 0.6) is 0 Å². The molecule has 0 aliphatic carbocycles. The number of piperazine rings is 1. The van der Waals surface area contributed by atoms with Crippen molar-refractivity contribution in [3.8, 4) is 0 Å². The number of hydrogen-bond donors (Lipinski definition) is 9. The quantitative estimate of drug-likeness (QED) is 0.0601. The summed E-state index contributed by atoms with van der Waals surface area (Å²) < 4.78 is 10.7. The molecule has 2 aliphatic heterocycles. The molecule has 2 fully saturated rings. The number of aliphatic hydroxyl groups is 5. The number of nitrogens with one attached hydrogen (secondary N) is 4. The molecular formula is C28H46N4O11. The fraction of sp³-hybridized carbons (Fsp3) is 0.714. The van der Waals surface area contributed by atoms with Crippen molar-refractivity contribution < 1.29 is 54.2 Å². The van der Waals surface area contributed by atoms with E-state index < -0.39 is 49.4 Å². The van der Waals surface area contributed by atoms with Gasteiger partial charge in [0.25, 0.3) is 0 Å². The van der Waals surface area contributed by atoms with E-state index in [9.17, 15) is 39.6 Å². The van der Waals surface area contributed by atoms with Gasteiger partial charge in [-0.2, -0.15) is 0 Å². The highest BCUT2D eigenvalue weighted by molar-refractivity contribution is 5.96. The average Bonchev–Trinajstić information content (AvgIpc) is 2.95. The second-order valence-electron chi connectivity index (χ2n) is 10.8. The fourth-order valence-corrected chi connectivity index (χ4v) is 4.53. The molecule has 15 heteroatoms. The number of hydrogen-bond acceptors (Lipinski definition) is 11. The van der Waals surface area contributed by atoms with E-state index in [1.807, 2.05) is 0 Å². The van der Waals surface area contributed by atoms with Gasteiger partial charge in [-0.15, -0.1) is 0 Å². The van der Waals surface area contributed by atoms with Crippen LogP contribution in [0.3, 0.4) is 0 Å². The molecule has 2 saturated heterocycles. The third-order valence-electron chi connectivity index (χ3n) is 7.09. The number of aliphatic hydroxyl groups excluding tert-OH is 5. The highest BCUT2D eigenvalue weighted by Gasteiger charge is 2.44. The monoisotopic (exact) mass is 614 g/mol. The number of rotatable bonds is 17. The smallest absolute Gasteiger partial charge is 0.243 e. The Bertz CT molecular complexity index is 1000. The number of ether oxygens (including phenoxy) is 2. The maximum Gasteiger partial charge on any atom is 0.243 e. The Kier molecular flexibility index (Phi) is 15.8. The van der Waals surface area contributed by atoms with Crippen LogP contribution in [0.4, 0.5) is 0 Å². The molecule has 0 bridgehead atoms. The van der Waals surface area contributed by atoms with Gasteiger partial charge < -0.3 is 56.3 Å². The summed E-state index contributed by atoms with van der Waals surface area (Å²) in [5, 5.41) is 58.6. The summed E-state index contributed by atoms with van der Waals surface area (Å²) in [6.45, 7) is 3.53. The Hall–Kier alpha value is -2.92. The Balaban J connectivity index is 1.62. The Labute approximate surface area is 250 Å². The zero-order valence-corrected chi connectivity index (χ0v) is 24.7. The van der Waals surface area contributed by atoms with Crippen molar-refractivity contribution in [1.82, 2.24) is 21.3 Å². The summed E-state index contributed by atoms with van der Waals surface area (Å²) in [4.78, 5) is 48.9. The lowest BCUT2D eigenvalue weighted by molar-refractivity contribution is -0.300. The van der Waals surface area contributed by atoms with Crippen LogP contribution in [0.1, 0.15) is 52.4 Å². The minimum Gasteiger partial charge on any atom is -0.396 e. The van der Waals surface area contributed by atoms with E-state index in [1.54, 1.807) is 13.8 Å². The van der Waals surface area contributed by atoms with Gasteiger partial charge in [-0.05, 0) is 52.4 Å². The van der Waals surface area contributed by atoms with Gasteiger partial charge in [-0.1, -0.05) is 11.1 Å². The maximum absolute atomic E-state index is 12.5. The SMILES string of the molecule is C/C(=C\C(=O)NCCC[C@@H]1NC(=O)[C@H](CCCNC(=O)/C=C(\C)CCO[C@H]2O[C@@H](CO)[C@H](O)[C@@H](O)[C@@H]2O)NC1=O)CCO. The molecule has 0 saturated carbocycles. The van der Waals surface area contributed by atoms with Crippen molar-refractivity contribution in [2.45, 2.75) is 95.2 Å². The molecule has 0 aromatic rings. The van der Waals surface area contributed by atoms with E-state index in [0.717, 1.165) is 5.57 Å². The third kappa shape index (κ3) is 12.3. The van der Waals surface area contributed by atoms with E-state index >= 15 is 0 Å². The second-order valence-corrected chi connectivity index (χ2v) is 10.8. The zero-order valence-electron chi connectivity index (χ0n) is 24.7. The molecule has 2 rings (SSSR count). The summed E-state index contributed by atoms with van der Waals surface area (Å²) in [6, 6.07) is -1.40. The van der Waals surface area contributed by atoms with E-state index in [-0.39, 0.29) is 43.4 Å². The van der Waals surface area contributed by atoms with Crippen molar-refractivity contribution in [3.05, 3.63) is 23.3 Å². The molecule has 2 heterocycles. The van der Waals surface area contributed by atoms with Crippen LogP contribution in [0, 0.1) is 0 Å². The predicted octanol–water partition coefficient (Wildman–Crippen LogP) is -2.76. The summed E-state index contributed by atoms with van der Waals surface area (Å²) in [7, 11) is 0. The standard InChI is InChI=1S/C28H46N4O11/c1-16(7-11-33)13-21(35)29-9-3-5-18-26(40)32-19(27(41)31-18)6-4-10-30-22(36)14-17(2)8-12-42-28-25(39)24(38)23(37)20(15-34)43-28/h13-14,18-20,23-25,28,33-34,37-39H,3-12,15H2,1-2H3,(H,29,35)(H,30,36)(H,31,41)(H,32,40)/b16-13+,17-14+/t18-,19-,20-,23-,24+,25-,28-/m0/s1. The normalized spacial score (nSPS) is 28.2. The first-order valence-electron chi connectivity index (χ1n) is 14.5. The summed E-state index contributed by atoms with van der Waals surface area (Å²) >= 11 is 0. The first-order chi connectivity index (χ1) is 20.5. The number of amides is 4. The predicted molar refractivity (Wildman–Crippen MR) is 152 cm³/mol. The molecule has 0 spiro atoms. The van der Waals surface area contributed by atoms with Crippen molar-refractivity contribution in [3.63, 3.8) is 0 Å². The Morgan fingerprint density at radius 2 is 1.35 bits per heavy atom. The largest absolute Gasteiger partial charge is 0.396 e. The molecule has 4 amide bonds. The van der Waals surface area contributed by atoms with Gasteiger partial charge in [-0.25, -0.2) is 0 Å². The van der Waals surface area contributed by atoms with E-state index in [1.165, 1.54) is 12.2 Å². The third-order valence-corrected chi connectivity index (χ3v) is 7.09. The molecule has 244 valence electrons. The van der Waals surface area contributed by atoms with Crippen LogP contribution in [0.15, 0.2) is 23.3 Å². The van der Waals surface area contributed by atoms with Gasteiger partial charge in [-0.3, -0.25) is 19.2 Å². The van der Waals surface area contributed by atoms with Gasteiger partial charge >= 0.3 is 0 Å². The van der Waals surface area contributed by atoms with E-state index in [0.29, 0.717) is 50.6 Å². The highest BCUT2D eigenvalue weighted by Crippen LogP contribution is 2.22. The van der Waals surface area contributed by atoms with Crippen molar-refractivity contribution in [1.29, 1.82) is 0 Å². The molecular weight excluding hydrogens is 568 g/mol. The Morgan fingerprint density at radius 3 is 1.84 bits per heavy atom. The molecule has 9 N–H and O–H groups in total. The van der Waals surface area contributed by atoms with Crippen molar-refractivity contribution >= 4 is 23.6 Å². The number of carbonyl (C=O) groups excluding carboxylic acids is 4. The Morgan fingerprint density at radius 1 is 0.837 bits per heavy atom. The zero-order chi connectivity index (χ0) is 31.9. The number of carbonyl (C=O) groups is 4. The lowest BCUT2D eigenvalue weighted by atomic mass is 9.99. The first kappa shape index (κ1) is 36.3. The van der Waals surface area contributed by atoms with Crippen LogP contribution in [-0.2, 0) is 28.7 Å². The molecule has 7 atom stereocenters. The molecule has 2 aliphatic rings. The van der Waals surface area contributed by atoms with Gasteiger partial charge in [0.15, 0.2) is 6.29 Å². The molecule has 15 nitrogen and oxygen atoms in total. The lowest BCUT2D eigenvalue weighted by Crippen LogP contribution is -2.61. The summed E-state index contributed by atoms with van der Waals surface area (Å²) in [6.07, 6.45) is -1.67. The summed E-state index contributed by atoms with van der Waals surface area (Å²) in [5.41, 5.74) is 1.43. The topological polar surface area (TPSA) is 236 Å². The van der Waals surface area contributed by atoms with Crippen LogP contribution in [-0.4, -0.2) is 125 Å². The maximum atomic E-state index is 12.5. The molecule has 0 radical (unpaired) electrons. The molecule has 0 unspecified atom stereocenters. The van der Waals surface area contributed by atoms with Crippen LogP contribution in [0.2, 0.25) is 0 Å². The van der Waals surface area contributed by atoms with Crippen LogP contribution < -0.4 is 21.3 Å². The second kappa shape index (κ2) is 18.7. The van der Waals surface area contributed by atoms with Crippen LogP contribution >= 0.6 is 0 Å². The van der Waals surface area contributed by atoms with Crippen molar-refractivity contribution in [2.75, 3.05) is 32.9 Å². The molecule has 43 heavy (non-hydrogen) atoms. The summed E-state index contributed by atoms with van der Waals surface area (Å²) in [5.74, 6) is -1.24. The van der Waals surface area contributed by atoms with Crippen LogP contribution in [0.25, 0.3) is 0 Å². The van der Waals surface area contributed by atoms with Gasteiger partial charge in [0, 0.05) is 31.8 Å². The molecule has 0 aromatic carbocycles. The lowest BCUT2D eigenvalue weighted by Gasteiger charge is -2.39. The first-order valence-corrected chi connectivity index (χ1v) is 14.5. The highest BCUT2D eigenvalue weighted by atomic mass is 16.7. The van der Waals surface area contributed by atoms with Crippen molar-refractivity contribution in [2.24, 2.45) is 0 Å². The minimum atomic E-state index is -1.53. The molecule has 0 aromatic heterocycles. The van der Waals surface area contributed by atoms with E-state index in [2.05, 4.69) is 21.3 Å². The average molecular weight is 615 g/mol.